The van der Waals surface area contributed by atoms with Gasteiger partial charge in [-0.15, -0.1) is 0 Å². The minimum atomic E-state index is -3.89. The molecule has 50 valence electrons. The summed E-state index contributed by atoms with van der Waals surface area (Å²) in [5.74, 6) is 0. The van der Waals surface area contributed by atoms with E-state index < -0.39 is 14.3 Å². The lowest BCUT2D eigenvalue weighted by Gasteiger charge is -2.14. The van der Waals surface area contributed by atoms with Crippen LogP contribution in [0, 0.1) is 0 Å². The minimum absolute atomic E-state index is 0.107. The van der Waals surface area contributed by atoms with Gasteiger partial charge in [0.25, 0.3) is 0 Å². The highest BCUT2D eigenvalue weighted by atomic mass is 28.4. The topological polar surface area (TPSA) is 86.7 Å². The highest BCUT2D eigenvalue weighted by Crippen LogP contribution is 2.08. The second-order valence-electron chi connectivity index (χ2n) is 1.82. The highest BCUT2D eigenvalue weighted by molar-refractivity contribution is 6.57. The zero-order valence-corrected chi connectivity index (χ0v) is 5.70. The van der Waals surface area contributed by atoms with E-state index in [1.807, 2.05) is 0 Å². The molecular weight excluding hydrogens is 126 g/mol. The zero-order chi connectivity index (χ0) is 6.78. The summed E-state index contributed by atoms with van der Waals surface area (Å²) in [6.07, 6.45) is 0. The van der Waals surface area contributed by atoms with Gasteiger partial charge in [0.05, 0.1) is 0 Å². The van der Waals surface area contributed by atoms with Crippen LogP contribution >= 0.6 is 0 Å². The maximum absolute atomic E-state index is 8.46. The van der Waals surface area contributed by atoms with Crippen LogP contribution in [0.5, 0.6) is 0 Å². The summed E-state index contributed by atoms with van der Waals surface area (Å²) in [6, 6.07) is 0. The van der Waals surface area contributed by atoms with E-state index in [-0.39, 0.29) is 6.54 Å². The lowest BCUT2D eigenvalue weighted by Crippen LogP contribution is -2.42. The van der Waals surface area contributed by atoms with Crippen LogP contribution in [0.4, 0.5) is 0 Å². The Hall–Kier alpha value is 0.0569. The molecule has 0 radical (unpaired) electrons. The Morgan fingerprint density at radius 2 is 1.88 bits per heavy atom. The Labute approximate surface area is 48.9 Å². The van der Waals surface area contributed by atoms with Gasteiger partial charge in [0.2, 0.25) is 0 Å². The maximum atomic E-state index is 8.46. The molecule has 0 aromatic rings. The smallest absolute Gasteiger partial charge is 0.390 e. The molecule has 1 atom stereocenters. The van der Waals surface area contributed by atoms with Gasteiger partial charge in [-0.3, -0.25) is 0 Å². The van der Waals surface area contributed by atoms with Gasteiger partial charge in [-0.25, -0.2) is 0 Å². The molecule has 5 heteroatoms. The van der Waals surface area contributed by atoms with Crippen LogP contribution in [-0.4, -0.2) is 29.7 Å². The average Bonchev–Trinajstić information content (AvgIpc) is 1.62. The molecule has 0 saturated carbocycles. The van der Waals surface area contributed by atoms with E-state index in [1.165, 1.54) is 6.92 Å². The summed E-state index contributed by atoms with van der Waals surface area (Å²) in [7, 11) is -3.89. The monoisotopic (exact) mass is 137 g/mol. The van der Waals surface area contributed by atoms with Gasteiger partial charge in [0.1, 0.15) is 0 Å². The molecule has 0 rings (SSSR count). The van der Waals surface area contributed by atoms with Crippen molar-refractivity contribution in [3.05, 3.63) is 0 Å². The van der Waals surface area contributed by atoms with Gasteiger partial charge >= 0.3 is 8.80 Å². The molecule has 0 aliphatic carbocycles. The summed E-state index contributed by atoms with van der Waals surface area (Å²) in [5.41, 5.74) is 4.45. The number of hydrogen-bond donors (Lipinski definition) is 4. The first-order chi connectivity index (χ1) is 3.48. The molecule has 0 heterocycles. The van der Waals surface area contributed by atoms with Gasteiger partial charge in [0, 0.05) is 5.54 Å². The number of hydrogen-bond acceptors (Lipinski definition) is 4. The Bertz CT molecular complexity index is 71.4. The molecule has 0 aliphatic heterocycles. The number of nitrogens with two attached hydrogens (primary N) is 1. The molecule has 0 amide bonds. The molecule has 0 saturated heterocycles. The van der Waals surface area contributed by atoms with Gasteiger partial charge < -0.3 is 20.1 Å². The Morgan fingerprint density at radius 1 is 1.50 bits per heavy atom. The van der Waals surface area contributed by atoms with Crippen LogP contribution in [0.1, 0.15) is 6.92 Å². The molecular formula is C3H11NO3Si. The zero-order valence-electron chi connectivity index (χ0n) is 4.70. The Morgan fingerprint density at radius 3 is 1.88 bits per heavy atom. The van der Waals surface area contributed by atoms with Crippen LogP contribution in [0.15, 0.2) is 0 Å². The van der Waals surface area contributed by atoms with E-state index in [0.29, 0.717) is 0 Å². The van der Waals surface area contributed by atoms with Gasteiger partial charge in [-0.05, 0) is 6.54 Å². The molecule has 8 heavy (non-hydrogen) atoms. The third-order valence-corrected chi connectivity index (χ3v) is 2.57. The predicted molar refractivity (Wildman–Crippen MR) is 30.9 cm³/mol. The van der Waals surface area contributed by atoms with Crippen molar-refractivity contribution in [2.24, 2.45) is 5.73 Å². The van der Waals surface area contributed by atoms with Crippen LogP contribution in [0.25, 0.3) is 0 Å². The largest absolute Gasteiger partial charge is 0.497 e. The van der Waals surface area contributed by atoms with E-state index in [2.05, 4.69) is 0 Å². The standard InChI is InChI=1S/C3H11NO3Si/c1-3(2-4)8(5,6)7/h3,5-7H,2,4H2,1H3. The first kappa shape index (κ1) is 8.06. The Balaban J connectivity index is 3.62. The van der Waals surface area contributed by atoms with Gasteiger partial charge in [-0.2, -0.15) is 0 Å². The van der Waals surface area contributed by atoms with Crippen LogP contribution in [0.2, 0.25) is 5.54 Å². The quantitative estimate of drug-likeness (QED) is 0.340. The van der Waals surface area contributed by atoms with E-state index in [9.17, 15) is 0 Å². The molecule has 0 aromatic carbocycles. The summed E-state index contributed by atoms with van der Waals surface area (Å²) >= 11 is 0. The van der Waals surface area contributed by atoms with Crippen LogP contribution < -0.4 is 5.73 Å². The van der Waals surface area contributed by atoms with E-state index in [1.54, 1.807) is 0 Å². The lowest BCUT2D eigenvalue weighted by atomic mass is 10.5. The van der Waals surface area contributed by atoms with Crippen molar-refractivity contribution >= 4 is 8.80 Å². The van der Waals surface area contributed by atoms with Crippen molar-refractivity contribution in [3.63, 3.8) is 0 Å². The molecule has 1 unspecified atom stereocenters. The van der Waals surface area contributed by atoms with Gasteiger partial charge in [0.15, 0.2) is 0 Å². The fraction of sp³-hybridized carbons (Fsp3) is 1.00. The van der Waals surface area contributed by atoms with Crippen molar-refractivity contribution in [2.75, 3.05) is 6.54 Å². The van der Waals surface area contributed by atoms with Crippen molar-refractivity contribution in [1.29, 1.82) is 0 Å². The third kappa shape index (κ3) is 2.39. The highest BCUT2D eigenvalue weighted by Gasteiger charge is 2.33. The predicted octanol–water partition coefficient (Wildman–Crippen LogP) is -1.75. The molecule has 5 N–H and O–H groups in total. The number of rotatable bonds is 2. The molecule has 0 aliphatic rings. The second-order valence-corrected chi connectivity index (χ2v) is 4.18. The lowest BCUT2D eigenvalue weighted by molar-refractivity contribution is 0.214. The first-order valence-corrected chi connectivity index (χ1v) is 4.27. The van der Waals surface area contributed by atoms with Crippen LogP contribution in [-0.2, 0) is 0 Å². The summed E-state index contributed by atoms with van der Waals surface area (Å²) in [4.78, 5) is 25.4. The van der Waals surface area contributed by atoms with Crippen molar-refractivity contribution in [1.82, 2.24) is 0 Å². The molecule has 0 spiro atoms. The normalized spacial score (nSPS) is 16.1. The van der Waals surface area contributed by atoms with E-state index >= 15 is 0 Å². The molecule has 0 bridgehead atoms. The fourth-order valence-corrected chi connectivity index (χ4v) is 0.474. The van der Waals surface area contributed by atoms with Crippen molar-refractivity contribution in [2.45, 2.75) is 12.5 Å². The molecule has 0 aromatic heterocycles. The van der Waals surface area contributed by atoms with Crippen molar-refractivity contribution < 1.29 is 14.4 Å². The minimum Gasteiger partial charge on any atom is -0.390 e. The first-order valence-electron chi connectivity index (χ1n) is 2.35. The third-order valence-electron chi connectivity index (χ3n) is 1.01. The van der Waals surface area contributed by atoms with Crippen LogP contribution in [0.3, 0.4) is 0 Å². The maximum Gasteiger partial charge on any atom is 0.497 e. The van der Waals surface area contributed by atoms with E-state index in [0.717, 1.165) is 0 Å². The molecule has 4 nitrogen and oxygen atoms in total. The van der Waals surface area contributed by atoms with E-state index in [4.69, 9.17) is 20.1 Å². The van der Waals surface area contributed by atoms with Gasteiger partial charge in [-0.1, -0.05) is 6.92 Å². The average molecular weight is 137 g/mol. The SMILES string of the molecule is CC(CN)[Si](O)(O)O. The second kappa shape index (κ2) is 2.56. The Kier molecular flexibility index (Phi) is 2.58. The summed E-state index contributed by atoms with van der Waals surface area (Å²) in [6.45, 7) is 1.60. The summed E-state index contributed by atoms with van der Waals surface area (Å²) < 4.78 is 0. The fourth-order valence-electron chi connectivity index (χ4n) is 0.158. The molecule has 0 fully saturated rings. The summed E-state index contributed by atoms with van der Waals surface area (Å²) in [5, 5.41) is 0. The van der Waals surface area contributed by atoms with Crippen molar-refractivity contribution in [3.8, 4) is 0 Å².